The molecule has 2 N–H and O–H groups in total. The van der Waals surface area contributed by atoms with Gasteiger partial charge in [0, 0.05) is 12.1 Å². The number of H-pyrrole nitrogens is 1. The van der Waals surface area contributed by atoms with Crippen LogP contribution >= 0.6 is 11.6 Å². The SMILES string of the molecule is Clc1nc(NCc2ccncn2)c2nc(C3CCC3)[nH]c2n1. The van der Waals surface area contributed by atoms with Gasteiger partial charge in [0.25, 0.3) is 0 Å². The average Bonchev–Trinajstić information content (AvgIpc) is 2.87. The van der Waals surface area contributed by atoms with Crippen LogP contribution in [0.1, 0.15) is 36.7 Å². The Bertz CT molecular complexity index is 798. The number of hydrogen-bond acceptors (Lipinski definition) is 6. The van der Waals surface area contributed by atoms with E-state index in [1.54, 1.807) is 6.20 Å². The molecule has 3 heterocycles. The second-order valence-electron chi connectivity index (χ2n) is 5.34. The van der Waals surface area contributed by atoms with E-state index in [9.17, 15) is 0 Å². The van der Waals surface area contributed by atoms with Gasteiger partial charge in [-0.3, -0.25) is 0 Å². The van der Waals surface area contributed by atoms with Crippen molar-refractivity contribution in [3.63, 3.8) is 0 Å². The molecule has 22 heavy (non-hydrogen) atoms. The molecule has 0 aromatic carbocycles. The lowest BCUT2D eigenvalue weighted by Gasteiger charge is -2.22. The van der Waals surface area contributed by atoms with E-state index in [4.69, 9.17) is 11.6 Å². The van der Waals surface area contributed by atoms with Crippen molar-refractivity contribution in [1.29, 1.82) is 0 Å². The fourth-order valence-corrected chi connectivity index (χ4v) is 2.65. The Morgan fingerprint density at radius 2 is 2.18 bits per heavy atom. The minimum absolute atomic E-state index is 0.196. The highest BCUT2D eigenvalue weighted by molar-refractivity contribution is 6.28. The number of halogens is 1. The third kappa shape index (κ3) is 2.48. The molecular formula is C14H14ClN7. The molecule has 3 aromatic rings. The summed E-state index contributed by atoms with van der Waals surface area (Å²) in [5, 5.41) is 3.42. The molecule has 4 rings (SSSR count). The Balaban J connectivity index is 1.65. The lowest BCUT2D eigenvalue weighted by atomic mass is 9.85. The number of nitrogens with zero attached hydrogens (tertiary/aromatic N) is 5. The molecule has 1 aliphatic rings. The first-order chi connectivity index (χ1) is 10.8. The average molecular weight is 316 g/mol. The number of nitrogens with one attached hydrogen (secondary N) is 2. The van der Waals surface area contributed by atoms with Crippen LogP contribution < -0.4 is 5.32 Å². The van der Waals surface area contributed by atoms with Gasteiger partial charge in [-0.15, -0.1) is 0 Å². The van der Waals surface area contributed by atoms with Crippen molar-refractivity contribution in [3.8, 4) is 0 Å². The van der Waals surface area contributed by atoms with E-state index in [2.05, 4.69) is 35.2 Å². The first-order valence-electron chi connectivity index (χ1n) is 7.21. The summed E-state index contributed by atoms with van der Waals surface area (Å²) in [7, 11) is 0. The molecule has 0 atom stereocenters. The van der Waals surface area contributed by atoms with Crippen LogP contribution in [-0.2, 0) is 6.54 Å². The zero-order chi connectivity index (χ0) is 14.9. The van der Waals surface area contributed by atoms with Crippen LogP contribution in [0.15, 0.2) is 18.6 Å². The summed E-state index contributed by atoms with van der Waals surface area (Å²) in [6, 6.07) is 1.84. The van der Waals surface area contributed by atoms with Crippen LogP contribution in [0, 0.1) is 0 Å². The maximum atomic E-state index is 6.01. The predicted molar refractivity (Wildman–Crippen MR) is 82.6 cm³/mol. The predicted octanol–water partition coefficient (Wildman–Crippen LogP) is 2.68. The summed E-state index contributed by atoms with van der Waals surface area (Å²) in [5.74, 6) is 2.10. The van der Waals surface area contributed by atoms with Gasteiger partial charge in [-0.2, -0.15) is 9.97 Å². The van der Waals surface area contributed by atoms with Crippen LogP contribution in [0.3, 0.4) is 0 Å². The Morgan fingerprint density at radius 3 is 2.91 bits per heavy atom. The van der Waals surface area contributed by atoms with E-state index in [1.807, 2.05) is 6.07 Å². The molecule has 112 valence electrons. The summed E-state index contributed by atoms with van der Waals surface area (Å²) in [6.45, 7) is 0.524. The number of imidazole rings is 1. The molecule has 3 aromatic heterocycles. The molecule has 0 bridgehead atoms. The van der Waals surface area contributed by atoms with Crippen molar-refractivity contribution < 1.29 is 0 Å². The molecule has 0 unspecified atom stereocenters. The van der Waals surface area contributed by atoms with Gasteiger partial charge < -0.3 is 10.3 Å². The summed E-state index contributed by atoms with van der Waals surface area (Å²) < 4.78 is 0. The molecular weight excluding hydrogens is 302 g/mol. The summed E-state index contributed by atoms with van der Waals surface area (Å²) >= 11 is 6.01. The lowest BCUT2D eigenvalue weighted by Crippen LogP contribution is -2.10. The number of fused-ring (bicyclic) bond motifs is 1. The van der Waals surface area contributed by atoms with E-state index in [-0.39, 0.29) is 5.28 Å². The van der Waals surface area contributed by atoms with E-state index in [0.29, 0.717) is 23.9 Å². The maximum Gasteiger partial charge on any atom is 0.226 e. The van der Waals surface area contributed by atoms with Crippen molar-refractivity contribution in [2.24, 2.45) is 0 Å². The number of aromatic nitrogens is 6. The molecule has 7 nitrogen and oxygen atoms in total. The molecule has 1 saturated carbocycles. The Hall–Kier alpha value is -2.28. The normalized spacial score (nSPS) is 15.0. The van der Waals surface area contributed by atoms with Gasteiger partial charge in [-0.05, 0) is 30.5 Å². The fraction of sp³-hybridized carbons (Fsp3) is 0.357. The zero-order valence-corrected chi connectivity index (χ0v) is 12.5. The monoisotopic (exact) mass is 315 g/mol. The van der Waals surface area contributed by atoms with E-state index in [0.717, 1.165) is 17.0 Å². The molecule has 1 aliphatic carbocycles. The third-order valence-corrected chi connectivity index (χ3v) is 4.08. The highest BCUT2D eigenvalue weighted by Gasteiger charge is 2.24. The lowest BCUT2D eigenvalue weighted by molar-refractivity contribution is 0.404. The minimum atomic E-state index is 0.196. The van der Waals surface area contributed by atoms with Crippen LogP contribution in [0.4, 0.5) is 5.82 Å². The maximum absolute atomic E-state index is 6.01. The summed E-state index contributed by atoms with van der Waals surface area (Å²) in [5.41, 5.74) is 2.26. The van der Waals surface area contributed by atoms with Gasteiger partial charge in [0.1, 0.15) is 12.2 Å². The summed E-state index contributed by atoms with van der Waals surface area (Å²) in [6.07, 6.45) is 6.82. The number of hydrogen-bond donors (Lipinski definition) is 2. The molecule has 0 radical (unpaired) electrons. The molecule has 0 saturated heterocycles. The Labute approximate surface area is 131 Å². The van der Waals surface area contributed by atoms with Gasteiger partial charge in [0.15, 0.2) is 17.0 Å². The topological polar surface area (TPSA) is 92.3 Å². The first kappa shape index (κ1) is 13.4. The van der Waals surface area contributed by atoms with Crippen LogP contribution in [-0.4, -0.2) is 29.9 Å². The highest BCUT2D eigenvalue weighted by atomic mass is 35.5. The third-order valence-electron chi connectivity index (χ3n) is 3.91. The number of aromatic amines is 1. The van der Waals surface area contributed by atoms with Gasteiger partial charge in [-0.1, -0.05) is 6.42 Å². The van der Waals surface area contributed by atoms with Crippen LogP contribution in [0.5, 0.6) is 0 Å². The van der Waals surface area contributed by atoms with Gasteiger partial charge >= 0.3 is 0 Å². The quantitative estimate of drug-likeness (QED) is 0.719. The number of anilines is 1. The smallest absolute Gasteiger partial charge is 0.226 e. The first-order valence-corrected chi connectivity index (χ1v) is 7.59. The molecule has 0 aliphatic heterocycles. The molecule has 0 spiro atoms. The van der Waals surface area contributed by atoms with Crippen molar-refractivity contribution in [3.05, 3.63) is 35.4 Å². The zero-order valence-electron chi connectivity index (χ0n) is 11.8. The largest absolute Gasteiger partial charge is 0.362 e. The summed E-state index contributed by atoms with van der Waals surface area (Å²) in [4.78, 5) is 24.5. The van der Waals surface area contributed by atoms with Gasteiger partial charge in [-0.25, -0.2) is 15.0 Å². The fourth-order valence-electron chi connectivity index (χ4n) is 2.49. The highest BCUT2D eigenvalue weighted by Crippen LogP contribution is 2.36. The van der Waals surface area contributed by atoms with Crippen molar-refractivity contribution in [2.45, 2.75) is 31.7 Å². The van der Waals surface area contributed by atoms with Crippen LogP contribution in [0.2, 0.25) is 5.28 Å². The molecule has 8 heteroatoms. The van der Waals surface area contributed by atoms with Gasteiger partial charge in [0.05, 0.1) is 12.2 Å². The van der Waals surface area contributed by atoms with E-state index >= 15 is 0 Å². The van der Waals surface area contributed by atoms with E-state index < -0.39 is 0 Å². The minimum Gasteiger partial charge on any atom is -0.362 e. The van der Waals surface area contributed by atoms with Crippen molar-refractivity contribution in [2.75, 3.05) is 5.32 Å². The Kier molecular flexibility index (Phi) is 3.34. The standard InChI is InChI=1S/C14H14ClN7/c15-14-21-12(17-6-9-4-5-16-7-18-9)10-13(22-14)20-11(19-10)8-2-1-3-8/h4-5,7-8H,1-3,6H2,(H2,17,19,20,21,22). The van der Waals surface area contributed by atoms with Crippen molar-refractivity contribution in [1.82, 2.24) is 29.9 Å². The number of rotatable bonds is 4. The van der Waals surface area contributed by atoms with E-state index in [1.165, 1.54) is 25.6 Å². The Morgan fingerprint density at radius 1 is 1.27 bits per heavy atom. The second-order valence-corrected chi connectivity index (χ2v) is 5.68. The van der Waals surface area contributed by atoms with Gasteiger partial charge in [0.2, 0.25) is 5.28 Å². The second kappa shape index (κ2) is 5.49. The van der Waals surface area contributed by atoms with Crippen molar-refractivity contribution >= 4 is 28.6 Å². The molecule has 0 amide bonds. The molecule has 1 fully saturated rings. The van der Waals surface area contributed by atoms with Crippen LogP contribution in [0.25, 0.3) is 11.2 Å².